The molecule has 2 atom stereocenters. The number of nitrogens with two attached hydrogens (primary N) is 1. The summed E-state index contributed by atoms with van der Waals surface area (Å²) in [6, 6.07) is 8.58. The van der Waals surface area contributed by atoms with E-state index in [0.717, 1.165) is 44.8 Å². The Balaban J connectivity index is 1.74. The molecule has 4 heteroatoms. The molecule has 4 nitrogen and oxygen atoms in total. The Morgan fingerprint density at radius 1 is 1.37 bits per heavy atom. The molecular weight excluding hydrogens is 240 g/mol. The van der Waals surface area contributed by atoms with Crippen molar-refractivity contribution >= 4 is 11.4 Å². The SMILES string of the molecule is CN(c1cccc(N)c1)C1CCOC2(CCOC2)C1. The highest BCUT2D eigenvalue weighted by Gasteiger charge is 2.42. The first-order valence-corrected chi connectivity index (χ1v) is 6.99. The maximum absolute atomic E-state index is 5.99. The highest BCUT2D eigenvalue weighted by Crippen LogP contribution is 2.35. The van der Waals surface area contributed by atoms with Gasteiger partial charge in [0.05, 0.1) is 12.2 Å². The van der Waals surface area contributed by atoms with Gasteiger partial charge in [-0.25, -0.2) is 0 Å². The molecule has 2 fully saturated rings. The van der Waals surface area contributed by atoms with Crippen molar-refractivity contribution in [1.29, 1.82) is 0 Å². The number of hydrogen-bond acceptors (Lipinski definition) is 4. The summed E-state index contributed by atoms with van der Waals surface area (Å²) >= 11 is 0. The largest absolute Gasteiger partial charge is 0.399 e. The number of ether oxygens (including phenoxy) is 2. The zero-order chi connectivity index (χ0) is 13.3. The van der Waals surface area contributed by atoms with Gasteiger partial charge in [-0.15, -0.1) is 0 Å². The molecule has 1 spiro atoms. The Kier molecular flexibility index (Phi) is 3.37. The second-order valence-corrected chi connectivity index (χ2v) is 5.69. The summed E-state index contributed by atoms with van der Waals surface area (Å²) in [4.78, 5) is 2.33. The van der Waals surface area contributed by atoms with E-state index in [9.17, 15) is 0 Å². The number of nitrogens with zero attached hydrogens (tertiary/aromatic N) is 1. The first-order chi connectivity index (χ1) is 9.19. The smallest absolute Gasteiger partial charge is 0.0956 e. The lowest BCUT2D eigenvalue weighted by Gasteiger charge is -2.41. The topological polar surface area (TPSA) is 47.7 Å². The quantitative estimate of drug-likeness (QED) is 0.829. The van der Waals surface area contributed by atoms with Crippen LogP contribution in [-0.4, -0.2) is 38.5 Å². The Morgan fingerprint density at radius 3 is 3.00 bits per heavy atom. The van der Waals surface area contributed by atoms with E-state index in [4.69, 9.17) is 15.2 Å². The predicted octanol–water partition coefficient (Wildman–Crippen LogP) is 2.04. The van der Waals surface area contributed by atoms with E-state index in [1.54, 1.807) is 0 Å². The number of hydrogen-bond donors (Lipinski definition) is 1. The molecule has 2 N–H and O–H groups in total. The number of nitrogen functional groups attached to an aromatic ring is 1. The highest BCUT2D eigenvalue weighted by atomic mass is 16.6. The maximum Gasteiger partial charge on any atom is 0.0956 e. The van der Waals surface area contributed by atoms with E-state index in [1.807, 2.05) is 18.2 Å². The van der Waals surface area contributed by atoms with Crippen molar-refractivity contribution in [3.8, 4) is 0 Å². The van der Waals surface area contributed by atoms with Crippen LogP contribution in [0.3, 0.4) is 0 Å². The molecule has 0 saturated carbocycles. The lowest BCUT2D eigenvalue weighted by Crippen LogP contribution is -2.48. The van der Waals surface area contributed by atoms with E-state index >= 15 is 0 Å². The van der Waals surface area contributed by atoms with Crippen LogP contribution in [0.1, 0.15) is 19.3 Å². The van der Waals surface area contributed by atoms with Crippen molar-refractivity contribution in [2.75, 3.05) is 37.5 Å². The van der Waals surface area contributed by atoms with Gasteiger partial charge in [0.15, 0.2) is 0 Å². The summed E-state index contributed by atoms with van der Waals surface area (Å²) < 4.78 is 11.5. The Labute approximate surface area is 114 Å². The molecule has 2 saturated heterocycles. The van der Waals surface area contributed by atoms with Gasteiger partial charge in [0.25, 0.3) is 0 Å². The van der Waals surface area contributed by atoms with Gasteiger partial charge in [-0.2, -0.15) is 0 Å². The van der Waals surface area contributed by atoms with Crippen LogP contribution in [0.15, 0.2) is 24.3 Å². The van der Waals surface area contributed by atoms with Crippen molar-refractivity contribution in [2.45, 2.75) is 30.9 Å². The molecular formula is C15H22N2O2. The average Bonchev–Trinajstić information content (AvgIpc) is 2.86. The third-order valence-corrected chi connectivity index (χ3v) is 4.36. The third kappa shape index (κ3) is 2.55. The average molecular weight is 262 g/mol. The van der Waals surface area contributed by atoms with Gasteiger partial charge >= 0.3 is 0 Å². The van der Waals surface area contributed by atoms with E-state index in [0.29, 0.717) is 6.04 Å². The molecule has 0 aliphatic carbocycles. The van der Waals surface area contributed by atoms with Crippen LogP contribution in [-0.2, 0) is 9.47 Å². The molecule has 3 rings (SSSR count). The highest BCUT2D eigenvalue weighted by molar-refractivity contribution is 5.56. The fourth-order valence-electron chi connectivity index (χ4n) is 3.15. The van der Waals surface area contributed by atoms with Crippen molar-refractivity contribution in [3.63, 3.8) is 0 Å². The van der Waals surface area contributed by atoms with Gasteiger partial charge in [-0.3, -0.25) is 0 Å². The number of benzene rings is 1. The first kappa shape index (κ1) is 12.8. The molecule has 2 aliphatic rings. The normalized spacial score (nSPS) is 30.7. The Morgan fingerprint density at radius 2 is 2.26 bits per heavy atom. The van der Waals surface area contributed by atoms with Gasteiger partial charge in [0.1, 0.15) is 0 Å². The molecule has 0 bridgehead atoms. The lowest BCUT2D eigenvalue weighted by molar-refractivity contribution is -0.0855. The van der Waals surface area contributed by atoms with E-state index in [1.165, 1.54) is 5.69 Å². The lowest BCUT2D eigenvalue weighted by atomic mass is 9.89. The van der Waals surface area contributed by atoms with Crippen LogP contribution < -0.4 is 10.6 Å². The van der Waals surface area contributed by atoms with Crippen LogP contribution in [0.25, 0.3) is 0 Å². The third-order valence-electron chi connectivity index (χ3n) is 4.36. The Bertz CT molecular complexity index is 444. The molecule has 1 aromatic rings. The summed E-state index contributed by atoms with van der Waals surface area (Å²) in [6.45, 7) is 2.39. The van der Waals surface area contributed by atoms with Crippen LogP contribution in [0, 0.1) is 0 Å². The number of anilines is 2. The van der Waals surface area contributed by atoms with Crippen molar-refractivity contribution in [1.82, 2.24) is 0 Å². The second-order valence-electron chi connectivity index (χ2n) is 5.69. The first-order valence-electron chi connectivity index (χ1n) is 6.99. The zero-order valence-corrected chi connectivity index (χ0v) is 11.5. The summed E-state index contributed by atoms with van der Waals surface area (Å²) in [5.41, 5.74) is 7.82. The maximum atomic E-state index is 5.99. The molecule has 19 heavy (non-hydrogen) atoms. The minimum Gasteiger partial charge on any atom is -0.399 e. The fourth-order valence-corrected chi connectivity index (χ4v) is 3.15. The van der Waals surface area contributed by atoms with E-state index in [-0.39, 0.29) is 5.60 Å². The standard InChI is InChI=1S/C15H22N2O2/c1-17(13-4-2-3-12(16)9-13)14-5-7-19-15(10-14)6-8-18-11-15/h2-4,9,14H,5-8,10-11,16H2,1H3. The van der Waals surface area contributed by atoms with Gasteiger partial charge in [0.2, 0.25) is 0 Å². The molecule has 0 aromatic heterocycles. The molecule has 2 unspecified atom stereocenters. The van der Waals surface area contributed by atoms with Gasteiger partial charge in [-0.1, -0.05) is 6.07 Å². The second kappa shape index (κ2) is 5.02. The van der Waals surface area contributed by atoms with Gasteiger partial charge in [-0.05, 0) is 31.0 Å². The van der Waals surface area contributed by atoms with Gasteiger partial charge in [0, 0.05) is 44.1 Å². The molecule has 0 amide bonds. The van der Waals surface area contributed by atoms with Crippen LogP contribution in [0.5, 0.6) is 0 Å². The van der Waals surface area contributed by atoms with Crippen LogP contribution >= 0.6 is 0 Å². The summed E-state index contributed by atoms with van der Waals surface area (Å²) in [7, 11) is 2.15. The van der Waals surface area contributed by atoms with Crippen LogP contribution in [0.4, 0.5) is 11.4 Å². The summed E-state index contributed by atoms with van der Waals surface area (Å²) in [6.07, 6.45) is 3.12. The fraction of sp³-hybridized carbons (Fsp3) is 0.600. The predicted molar refractivity (Wildman–Crippen MR) is 76.4 cm³/mol. The summed E-state index contributed by atoms with van der Waals surface area (Å²) in [5.74, 6) is 0. The molecule has 0 radical (unpaired) electrons. The number of rotatable bonds is 2. The van der Waals surface area contributed by atoms with Crippen molar-refractivity contribution in [2.24, 2.45) is 0 Å². The molecule has 104 valence electrons. The molecule has 2 heterocycles. The van der Waals surface area contributed by atoms with E-state index in [2.05, 4.69) is 18.0 Å². The van der Waals surface area contributed by atoms with E-state index < -0.39 is 0 Å². The monoisotopic (exact) mass is 262 g/mol. The molecule has 1 aromatic carbocycles. The summed E-state index contributed by atoms with van der Waals surface area (Å²) in [5, 5.41) is 0. The minimum absolute atomic E-state index is 0.0441. The minimum atomic E-state index is -0.0441. The zero-order valence-electron chi connectivity index (χ0n) is 11.5. The van der Waals surface area contributed by atoms with Crippen molar-refractivity contribution < 1.29 is 9.47 Å². The van der Waals surface area contributed by atoms with Gasteiger partial charge < -0.3 is 20.1 Å². The Hall–Kier alpha value is -1.26. The molecule has 2 aliphatic heterocycles. The van der Waals surface area contributed by atoms with Crippen molar-refractivity contribution in [3.05, 3.63) is 24.3 Å². The van der Waals surface area contributed by atoms with Crippen LogP contribution in [0.2, 0.25) is 0 Å².